The summed E-state index contributed by atoms with van der Waals surface area (Å²) in [4.78, 5) is 10.6. The summed E-state index contributed by atoms with van der Waals surface area (Å²) in [7, 11) is 0. The molecule has 0 fully saturated rings. The summed E-state index contributed by atoms with van der Waals surface area (Å²) in [6.07, 6.45) is 0. The number of hydrogen-bond donors (Lipinski definition) is 0. The highest BCUT2D eigenvalue weighted by molar-refractivity contribution is 6.01. The summed E-state index contributed by atoms with van der Waals surface area (Å²) in [5, 5.41) is 5.15. The first-order chi connectivity index (χ1) is 27.3. The van der Waals surface area contributed by atoms with Crippen LogP contribution in [0.1, 0.15) is 49.9 Å². The number of benzene rings is 8. The number of nitrogens with zero attached hydrogens (tertiary/aromatic N) is 2. The molecule has 0 saturated carbocycles. The van der Waals surface area contributed by atoms with Gasteiger partial charge < -0.3 is 0 Å². The SMILES string of the molecule is CC1(C)c2cc3ccccc3cc2-c2c(-c3ccccc3-c3cc(-c4ccc5c(c4)C(C)(C)c4c-5ccc5ccccc45)nc(-c4ccccc4)n3)cccc21. The van der Waals surface area contributed by atoms with E-state index in [1.807, 2.05) is 6.07 Å². The molecule has 2 aliphatic carbocycles. The normalized spacial score (nSPS) is 14.4. The van der Waals surface area contributed by atoms with Crippen molar-refractivity contribution in [1.82, 2.24) is 9.97 Å². The van der Waals surface area contributed by atoms with Crippen molar-refractivity contribution in [3.05, 3.63) is 192 Å². The molecule has 9 aromatic rings. The van der Waals surface area contributed by atoms with Crippen LogP contribution in [0.5, 0.6) is 0 Å². The highest BCUT2D eigenvalue weighted by Gasteiger charge is 2.39. The number of rotatable bonds is 4. The van der Waals surface area contributed by atoms with Gasteiger partial charge in [0.2, 0.25) is 0 Å². The molecule has 0 atom stereocenters. The van der Waals surface area contributed by atoms with Crippen LogP contribution in [0.15, 0.2) is 170 Å². The molecule has 266 valence electrons. The zero-order valence-corrected chi connectivity index (χ0v) is 32.1. The van der Waals surface area contributed by atoms with Gasteiger partial charge in [0.15, 0.2) is 5.82 Å². The Morgan fingerprint density at radius 3 is 1.82 bits per heavy atom. The predicted octanol–water partition coefficient (Wildman–Crippen LogP) is 14.1. The molecule has 0 spiro atoms. The second kappa shape index (κ2) is 11.9. The Hall–Kier alpha value is -6.64. The molecular formula is C54H40N2. The summed E-state index contributed by atoms with van der Waals surface area (Å²) < 4.78 is 0. The first kappa shape index (κ1) is 32.8. The molecule has 0 N–H and O–H groups in total. The van der Waals surface area contributed by atoms with Gasteiger partial charge in [-0.3, -0.25) is 0 Å². The lowest BCUT2D eigenvalue weighted by Crippen LogP contribution is -2.15. The third-order valence-corrected chi connectivity index (χ3v) is 12.7. The van der Waals surface area contributed by atoms with Crippen LogP contribution >= 0.6 is 0 Å². The van der Waals surface area contributed by atoms with Crippen molar-refractivity contribution in [3.8, 4) is 67.3 Å². The van der Waals surface area contributed by atoms with Gasteiger partial charge in [-0.25, -0.2) is 9.97 Å². The molecule has 56 heavy (non-hydrogen) atoms. The van der Waals surface area contributed by atoms with Crippen molar-refractivity contribution in [3.63, 3.8) is 0 Å². The van der Waals surface area contributed by atoms with Crippen LogP contribution in [-0.4, -0.2) is 9.97 Å². The molecule has 8 aromatic carbocycles. The van der Waals surface area contributed by atoms with Crippen LogP contribution in [-0.2, 0) is 10.8 Å². The van der Waals surface area contributed by atoms with Gasteiger partial charge in [0.05, 0.1) is 11.4 Å². The Morgan fingerprint density at radius 1 is 0.357 bits per heavy atom. The molecule has 0 unspecified atom stereocenters. The van der Waals surface area contributed by atoms with Gasteiger partial charge in [-0.05, 0) is 101 Å². The summed E-state index contributed by atoms with van der Waals surface area (Å²) in [6.45, 7) is 9.46. The molecule has 11 rings (SSSR count). The largest absolute Gasteiger partial charge is 0.228 e. The number of hydrogen-bond acceptors (Lipinski definition) is 2. The number of fused-ring (bicyclic) bond motifs is 9. The van der Waals surface area contributed by atoms with E-state index in [-0.39, 0.29) is 10.8 Å². The van der Waals surface area contributed by atoms with E-state index in [1.165, 1.54) is 77.2 Å². The van der Waals surface area contributed by atoms with Crippen LogP contribution in [0, 0.1) is 0 Å². The second-order valence-electron chi connectivity index (χ2n) is 16.6. The summed E-state index contributed by atoms with van der Waals surface area (Å²) in [5.41, 5.74) is 17.8. The second-order valence-corrected chi connectivity index (χ2v) is 16.6. The molecular weight excluding hydrogens is 677 g/mol. The summed E-state index contributed by atoms with van der Waals surface area (Å²) in [5.74, 6) is 0.721. The Balaban J connectivity index is 1.10. The zero-order chi connectivity index (χ0) is 37.8. The molecule has 2 aliphatic rings. The summed E-state index contributed by atoms with van der Waals surface area (Å²) >= 11 is 0. The van der Waals surface area contributed by atoms with E-state index < -0.39 is 0 Å². The Labute approximate surface area is 328 Å². The molecule has 0 bridgehead atoms. The average Bonchev–Trinajstić information content (AvgIpc) is 3.61. The predicted molar refractivity (Wildman–Crippen MR) is 234 cm³/mol. The number of aromatic nitrogens is 2. The molecule has 0 radical (unpaired) electrons. The van der Waals surface area contributed by atoms with Gasteiger partial charge >= 0.3 is 0 Å². The Bertz CT molecular complexity index is 3080. The maximum atomic E-state index is 5.35. The lowest BCUT2D eigenvalue weighted by atomic mass is 9.79. The minimum atomic E-state index is -0.171. The van der Waals surface area contributed by atoms with Gasteiger partial charge in [-0.2, -0.15) is 0 Å². The quantitative estimate of drug-likeness (QED) is 0.181. The van der Waals surface area contributed by atoms with Gasteiger partial charge in [0, 0.05) is 27.5 Å². The van der Waals surface area contributed by atoms with Crippen molar-refractivity contribution in [1.29, 1.82) is 0 Å². The van der Waals surface area contributed by atoms with Crippen molar-refractivity contribution in [2.75, 3.05) is 0 Å². The minimum absolute atomic E-state index is 0.129. The van der Waals surface area contributed by atoms with E-state index in [2.05, 4.69) is 191 Å². The summed E-state index contributed by atoms with van der Waals surface area (Å²) in [6, 6.07) is 62.0. The Morgan fingerprint density at radius 2 is 1.00 bits per heavy atom. The molecule has 1 heterocycles. The van der Waals surface area contributed by atoms with Crippen LogP contribution < -0.4 is 0 Å². The first-order valence-electron chi connectivity index (χ1n) is 19.7. The van der Waals surface area contributed by atoms with Crippen LogP contribution in [0.4, 0.5) is 0 Å². The van der Waals surface area contributed by atoms with Crippen molar-refractivity contribution < 1.29 is 0 Å². The molecule has 0 aliphatic heterocycles. The molecule has 0 saturated heterocycles. The zero-order valence-electron chi connectivity index (χ0n) is 32.1. The topological polar surface area (TPSA) is 25.8 Å². The maximum absolute atomic E-state index is 5.35. The van der Waals surface area contributed by atoms with Crippen molar-refractivity contribution in [2.24, 2.45) is 0 Å². The first-order valence-corrected chi connectivity index (χ1v) is 19.7. The monoisotopic (exact) mass is 716 g/mol. The van der Waals surface area contributed by atoms with Crippen molar-refractivity contribution >= 4 is 21.5 Å². The fourth-order valence-corrected chi connectivity index (χ4v) is 9.85. The third kappa shape index (κ3) is 4.75. The van der Waals surface area contributed by atoms with Crippen molar-refractivity contribution in [2.45, 2.75) is 38.5 Å². The fraction of sp³-hybridized carbons (Fsp3) is 0.111. The highest BCUT2D eigenvalue weighted by atomic mass is 14.9. The van der Waals surface area contributed by atoms with E-state index in [0.29, 0.717) is 0 Å². The van der Waals surface area contributed by atoms with Crippen LogP contribution in [0.2, 0.25) is 0 Å². The third-order valence-electron chi connectivity index (χ3n) is 12.7. The lowest BCUT2D eigenvalue weighted by Gasteiger charge is -2.23. The van der Waals surface area contributed by atoms with Crippen LogP contribution in [0.3, 0.4) is 0 Å². The minimum Gasteiger partial charge on any atom is -0.228 e. The van der Waals surface area contributed by atoms with Gasteiger partial charge in [-0.1, -0.05) is 173 Å². The van der Waals surface area contributed by atoms with E-state index >= 15 is 0 Å². The van der Waals surface area contributed by atoms with Gasteiger partial charge in [-0.15, -0.1) is 0 Å². The lowest BCUT2D eigenvalue weighted by molar-refractivity contribution is 0.661. The maximum Gasteiger partial charge on any atom is 0.160 e. The fourth-order valence-electron chi connectivity index (χ4n) is 9.85. The Kier molecular flexibility index (Phi) is 6.98. The van der Waals surface area contributed by atoms with E-state index in [4.69, 9.17) is 9.97 Å². The molecule has 2 heteroatoms. The van der Waals surface area contributed by atoms with Crippen LogP contribution in [0.25, 0.3) is 88.8 Å². The van der Waals surface area contributed by atoms with E-state index in [1.54, 1.807) is 0 Å². The molecule has 2 nitrogen and oxygen atoms in total. The molecule has 0 amide bonds. The van der Waals surface area contributed by atoms with Gasteiger partial charge in [0.25, 0.3) is 0 Å². The van der Waals surface area contributed by atoms with Gasteiger partial charge in [0.1, 0.15) is 0 Å². The average molecular weight is 717 g/mol. The van der Waals surface area contributed by atoms with E-state index in [9.17, 15) is 0 Å². The standard InChI is InChI=1S/C54H40N2/c1-53(2)45-24-14-23-42(50(45)44-29-35-18-8-9-19-36(35)30-47(44)53)39-21-12-13-22-41(39)49-32-48(55-52(56-49)34-16-6-5-7-17-34)37-26-27-40-43-28-25-33-15-10-11-20-38(33)51(43)54(3,4)46(40)31-37/h5-32H,1-4H3. The molecule has 1 aromatic heterocycles. The smallest absolute Gasteiger partial charge is 0.160 e. The highest BCUT2D eigenvalue weighted by Crippen LogP contribution is 2.55. The van der Waals surface area contributed by atoms with E-state index in [0.717, 1.165) is 33.9 Å².